The molecule has 1 aliphatic heterocycles. The largest absolute Gasteiger partial charge is 0.336 e. The molecular formula is C14H17N3O. The molecule has 3 rings (SSSR count). The zero-order valence-electron chi connectivity index (χ0n) is 10.9. The summed E-state index contributed by atoms with van der Waals surface area (Å²) >= 11 is 0. The van der Waals surface area contributed by atoms with E-state index in [9.17, 15) is 4.79 Å². The van der Waals surface area contributed by atoms with Crippen LogP contribution >= 0.6 is 0 Å². The summed E-state index contributed by atoms with van der Waals surface area (Å²) in [6.45, 7) is 7.98. The number of aromatic amines is 1. The molecule has 0 atom stereocenters. The zero-order valence-corrected chi connectivity index (χ0v) is 10.9. The smallest absolute Gasteiger partial charge is 0.272 e. The molecule has 1 aromatic carbocycles. The average molecular weight is 243 g/mol. The fraction of sp³-hybridized carbons (Fsp3) is 0.429. The van der Waals surface area contributed by atoms with Gasteiger partial charge in [0, 0.05) is 18.5 Å². The summed E-state index contributed by atoms with van der Waals surface area (Å²) in [5.41, 5.74) is 2.85. The molecule has 1 N–H and O–H groups in total. The zero-order chi connectivity index (χ0) is 12.9. The number of likely N-dealkylation sites (tertiary alicyclic amines) is 1. The molecule has 1 saturated heterocycles. The molecule has 1 fully saturated rings. The van der Waals surface area contributed by atoms with Crippen molar-refractivity contribution >= 4 is 16.8 Å². The number of H-pyrrole nitrogens is 1. The van der Waals surface area contributed by atoms with Crippen LogP contribution in [0.2, 0.25) is 0 Å². The predicted octanol–water partition coefficient (Wildman–Crippen LogP) is 2.35. The van der Waals surface area contributed by atoms with Crippen LogP contribution < -0.4 is 0 Å². The van der Waals surface area contributed by atoms with Gasteiger partial charge in [0.1, 0.15) is 5.69 Å². The normalized spacial score (nSPS) is 17.8. The molecule has 0 aliphatic carbocycles. The molecule has 1 amide bonds. The van der Waals surface area contributed by atoms with Gasteiger partial charge >= 0.3 is 0 Å². The van der Waals surface area contributed by atoms with Crippen molar-refractivity contribution in [1.29, 1.82) is 0 Å². The van der Waals surface area contributed by atoms with Crippen LogP contribution in [0.1, 0.15) is 29.9 Å². The Morgan fingerprint density at radius 3 is 2.78 bits per heavy atom. The maximum absolute atomic E-state index is 12.4. The third-order valence-corrected chi connectivity index (χ3v) is 3.53. The molecular weight excluding hydrogens is 226 g/mol. The van der Waals surface area contributed by atoms with E-state index in [0.717, 1.165) is 29.6 Å². The van der Waals surface area contributed by atoms with Gasteiger partial charge in [-0.15, -0.1) is 0 Å². The van der Waals surface area contributed by atoms with E-state index in [0.29, 0.717) is 5.69 Å². The number of aromatic nitrogens is 2. The first-order chi connectivity index (χ1) is 8.48. The Bertz CT molecular complexity index is 619. The van der Waals surface area contributed by atoms with E-state index in [4.69, 9.17) is 0 Å². The standard InChI is InChI=1S/C14H17N3O/c1-9-5-4-6-10-11(9)15-16-12(10)13(18)17-7-14(2,3)8-17/h4-6H,7-8H2,1-3H3,(H,15,16). The lowest BCUT2D eigenvalue weighted by atomic mass is 9.84. The lowest BCUT2D eigenvalue weighted by Gasteiger charge is -2.45. The van der Waals surface area contributed by atoms with Crippen LogP contribution in [0.25, 0.3) is 10.9 Å². The van der Waals surface area contributed by atoms with E-state index in [-0.39, 0.29) is 11.3 Å². The first kappa shape index (κ1) is 11.3. The Balaban J connectivity index is 1.96. The molecule has 1 aromatic heterocycles. The van der Waals surface area contributed by atoms with Gasteiger partial charge < -0.3 is 4.90 Å². The summed E-state index contributed by atoms with van der Waals surface area (Å²) in [6.07, 6.45) is 0. The van der Waals surface area contributed by atoms with E-state index >= 15 is 0 Å². The van der Waals surface area contributed by atoms with Crippen molar-refractivity contribution in [2.45, 2.75) is 20.8 Å². The number of hydrogen-bond donors (Lipinski definition) is 1. The van der Waals surface area contributed by atoms with Crippen LogP contribution in [0.4, 0.5) is 0 Å². The monoisotopic (exact) mass is 243 g/mol. The second kappa shape index (κ2) is 3.57. The molecule has 0 spiro atoms. The highest BCUT2D eigenvalue weighted by atomic mass is 16.2. The number of carbonyl (C=O) groups excluding carboxylic acids is 1. The maximum atomic E-state index is 12.4. The molecule has 0 bridgehead atoms. The fourth-order valence-corrected chi connectivity index (χ4v) is 2.63. The molecule has 94 valence electrons. The number of fused-ring (bicyclic) bond motifs is 1. The van der Waals surface area contributed by atoms with Gasteiger partial charge in [-0.2, -0.15) is 5.10 Å². The number of nitrogens with zero attached hydrogens (tertiary/aromatic N) is 2. The number of aryl methyl sites for hydroxylation is 1. The van der Waals surface area contributed by atoms with E-state index in [1.54, 1.807) is 0 Å². The van der Waals surface area contributed by atoms with E-state index in [2.05, 4.69) is 24.0 Å². The number of nitrogens with one attached hydrogen (secondary N) is 1. The van der Waals surface area contributed by atoms with Crippen molar-refractivity contribution in [3.63, 3.8) is 0 Å². The van der Waals surface area contributed by atoms with Crippen LogP contribution in [0.15, 0.2) is 18.2 Å². The van der Waals surface area contributed by atoms with Gasteiger partial charge in [-0.1, -0.05) is 32.0 Å². The summed E-state index contributed by atoms with van der Waals surface area (Å²) in [6, 6.07) is 5.91. The van der Waals surface area contributed by atoms with E-state index in [1.165, 1.54) is 0 Å². The van der Waals surface area contributed by atoms with Gasteiger partial charge in [-0.3, -0.25) is 9.89 Å². The average Bonchev–Trinajstić information content (AvgIpc) is 2.70. The Labute approximate surface area is 106 Å². The van der Waals surface area contributed by atoms with Crippen molar-refractivity contribution in [3.05, 3.63) is 29.5 Å². The van der Waals surface area contributed by atoms with Crippen molar-refractivity contribution < 1.29 is 4.79 Å². The molecule has 2 aromatic rings. The number of carbonyl (C=O) groups is 1. The van der Waals surface area contributed by atoms with Gasteiger partial charge in [-0.25, -0.2) is 0 Å². The van der Waals surface area contributed by atoms with Gasteiger partial charge in [0.15, 0.2) is 0 Å². The lowest BCUT2D eigenvalue weighted by molar-refractivity contribution is 0.0232. The molecule has 0 saturated carbocycles. The predicted molar refractivity (Wildman–Crippen MR) is 70.5 cm³/mol. The first-order valence-corrected chi connectivity index (χ1v) is 6.21. The summed E-state index contributed by atoms with van der Waals surface area (Å²) < 4.78 is 0. The molecule has 4 nitrogen and oxygen atoms in total. The van der Waals surface area contributed by atoms with Crippen molar-refractivity contribution in [1.82, 2.24) is 15.1 Å². The Morgan fingerprint density at radius 2 is 2.11 bits per heavy atom. The highest BCUT2D eigenvalue weighted by Gasteiger charge is 2.38. The number of benzene rings is 1. The van der Waals surface area contributed by atoms with Crippen molar-refractivity contribution in [2.75, 3.05) is 13.1 Å². The van der Waals surface area contributed by atoms with E-state index < -0.39 is 0 Å². The fourth-order valence-electron chi connectivity index (χ4n) is 2.63. The second-order valence-corrected chi connectivity index (χ2v) is 5.90. The van der Waals surface area contributed by atoms with Crippen LogP contribution in [0, 0.1) is 12.3 Å². The number of amides is 1. The topological polar surface area (TPSA) is 49.0 Å². The third-order valence-electron chi connectivity index (χ3n) is 3.53. The SMILES string of the molecule is Cc1cccc2c(C(=O)N3CC(C)(C)C3)[nH]nc12. The van der Waals surface area contributed by atoms with Gasteiger partial charge in [0.2, 0.25) is 0 Å². The Morgan fingerprint density at radius 1 is 1.39 bits per heavy atom. The molecule has 18 heavy (non-hydrogen) atoms. The molecule has 0 unspecified atom stereocenters. The van der Waals surface area contributed by atoms with Crippen molar-refractivity contribution in [3.8, 4) is 0 Å². The van der Waals surface area contributed by atoms with Crippen LogP contribution in [0.3, 0.4) is 0 Å². The van der Waals surface area contributed by atoms with Gasteiger partial charge in [0.05, 0.1) is 5.52 Å². The lowest BCUT2D eigenvalue weighted by Crippen LogP contribution is -2.55. The Kier molecular flexibility index (Phi) is 2.24. The highest BCUT2D eigenvalue weighted by molar-refractivity contribution is 6.05. The second-order valence-electron chi connectivity index (χ2n) is 5.90. The van der Waals surface area contributed by atoms with Gasteiger partial charge in [-0.05, 0) is 17.9 Å². The number of para-hydroxylation sites is 1. The number of rotatable bonds is 1. The van der Waals surface area contributed by atoms with Crippen LogP contribution in [-0.4, -0.2) is 34.1 Å². The molecule has 4 heteroatoms. The van der Waals surface area contributed by atoms with Crippen LogP contribution in [0.5, 0.6) is 0 Å². The minimum Gasteiger partial charge on any atom is -0.336 e. The maximum Gasteiger partial charge on any atom is 0.272 e. The summed E-state index contributed by atoms with van der Waals surface area (Å²) in [5, 5.41) is 8.05. The van der Waals surface area contributed by atoms with Gasteiger partial charge in [0.25, 0.3) is 5.91 Å². The minimum atomic E-state index is 0.0578. The third kappa shape index (κ3) is 1.60. The Hall–Kier alpha value is -1.84. The minimum absolute atomic E-state index is 0.0578. The first-order valence-electron chi connectivity index (χ1n) is 6.21. The van der Waals surface area contributed by atoms with Crippen LogP contribution in [-0.2, 0) is 0 Å². The molecule has 0 radical (unpaired) electrons. The summed E-state index contributed by atoms with van der Waals surface area (Å²) in [7, 11) is 0. The highest BCUT2D eigenvalue weighted by Crippen LogP contribution is 2.31. The van der Waals surface area contributed by atoms with Crippen molar-refractivity contribution in [2.24, 2.45) is 5.41 Å². The quantitative estimate of drug-likeness (QED) is 0.835. The molecule has 2 heterocycles. The number of hydrogen-bond acceptors (Lipinski definition) is 2. The molecule has 1 aliphatic rings. The summed E-state index contributed by atoms with van der Waals surface area (Å²) in [5.74, 6) is 0.0578. The van der Waals surface area contributed by atoms with E-state index in [1.807, 2.05) is 30.0 Å². The summed E-state index contributed by atoms with van der Waals surface area (Å²) in [4.78, 5) is 14.2.